The highest BCUT2D eigenvalue weighted by molar-refractivity contribution is 7.91. The molecule has 0 fully saturated rings. The van der Waals surface area contributed by atoms with Crippen molar-refractivity contribution in [2.24, 2.45) is 17.8 Å². The maximum absolute atomic E-state index is 12.7. The molecule has 0 unspecified atom stereocenters. The molecular weight excluding hydrogens is 304 g/mol. The van der Waals surface area contributed by atoms with Crippen molar-refractivity contribution in [2.45, 2.75) is 32.6 Å². The van der Waals surface area contributed by atoms with Crippen LogP contribution in [0, 0.1) is 17.8 Å². The summed E-state index contributed by atoms with van der Waals surface area (Å²) in [5.74, 6) is 1.10. The van der Waals surface area contributed by atoms with Crippen LogP contribution in [-0.2, 0) is 9.84 Å². The molecule has 0 aliphatic rings. The third kappa shape index (κ3) is 4.44. The predicted molar refractivity (Wildman–Crippen MR) is 97.1 cm³/mol. The van der Waals surface area contributed by atoms with Crippen molar-refractivity contribution in [1.82, 2.24) is 0 Å². The van der Waals surface area contributed by atoms with Crippen molar-refractivity contribution >= 4 is 9.84 Å². The van der Waals surface area contributed by atoms with Crippen molar-refractivity contribution in [2.75, 3.05) is 5.75 Å². The third-order valence-corrected chi connectivity index (χ3v) is 6.26. The lowest BCUT2D eigenvalue weighted by atomic mass is 9.87. The predicted octanol–water partition coefficient (Wildman–Crippen LogP) is 5.06. The van der Waals surface area contributed by atoms with Gasteiger partial charge in [0.15, 0.2) is 9.84 Å². The monoisotopic (exact) mass is 330 g/mol. The number of sulfone groups is 1. The molecule has 0 radical (unpaired) electrons. The normalized spacial score (nSPS) is 12.3. The molecular formula is C20H26O2S. The molecule has 0 bridgehead atoms. The van der Waals surface area contributed by atoms with Crippen molar-refractivity contribution in [3.63, 3.8) is 0 Å². The van der Waals surface area contributed by atoms with Crippen LogP contribution in [0.3, 0.4) is 0 Å². The average molecular weight is 330 g/mol. The van der Waals surface area contributed by atoms with Crippen LogP contribution < -0.4 is 0 Å². The zero-order chi connectivity index (χ0) is 17.0. The summed E-state index contributed by atoms with van der Waals surface area (Å²) in [5, 5.41) is 0. The van der Waals surface area contributed by atoms with E-state index in [2.05, 4.69) is 27.7 Å². The molecule has 0 N–H and O–H groups in total. The second-order valence-corrected chi connectivity index (χ2v) is 8.86. The molecule has 0 aliphatic carbocycles. The topological polar surface area (TPSA) is 34.1 Å². The molecule has 0 aromatic heterocycles. The minimum atomic E-state index is -3.25. The highest BCUT2D eigenvalue weighted by Gasteiger charge is 2.26. The Balaban J connectivity index is 2.24. The number of rotatable bonds is 6. The van der Waals surface area contributed by atoms with Gasteiger partial charge in [0.2, 0.25) is 0 Å². The van der Waals surface area contributed by atoms with Crippen LogP contribution in [-0.4, -0.2) is 14.2 Å². The minimum Gasteiger partial charge on any atom is -0.224 e. The first-order valence-electron chi connectivity index (χ1n) is 8.19. The molecule has 0 spiro atoms. The zero-order valence-electron chi connectivity index (χ0n) is 14.4. The summed E-state index contributed by atoms with van der Waals surface area (Å²) in [6, 6.07) is 17.2. The fourth-order valence-corrected chi connectivity index (χ4v) is 5.01. The lowest BCUT2D eigenvalue weighted by Gasteiger charge is -2.24. The van der Waals surface area contributed by atoms with Gasteiger partial charge in [-0.05, 0) is 41.0 Å². The van der Waals surface area contributed by atoms with E-state index in [0.717, 1.165) is 11.1 Å². The minimum absolute atomic E-state index is 0.175. The summed E-state index contributed by atoms with van der Waals surface area (Å²) in [6.45, 7) is 8.38. The summed E-state index contributed by atoms with van der Waals surface area (Å²) in [5.41, 5.74) is 2.13. The summed E-state index contributed by atoms with van der Waals surface area (Å²) in [4.78, 5) is 0.420. The Kier molecular flexibility index (Phi) is 5.64. The Morgan fingerprint density at radius 3 is 1.70 bits per heavy atom. The molecule has 0 aliphatic heterocycles. The molecule has 0 heterocycles. The summed E-state index contributed by atoms with van der Waals surface area (Å²) in [6.07, 6.45) is 0. The van der Waals surface area contributed by atoms with E-state index in [-0.39, 0.29) is 11.7 Å². The molecule has 2 rings (SSSR count). The summed E-state index contributed by atoms with van der Waals surface area (Å²) in [7, 11) is -3.25. The third-order valence-electron chi connectivity index (χ3n) is 4.45. The fourth-order valence-electron chi connectivity index (χ4n) is 2.99. The highest BCUT2D eigenvalue weighted by Crippen LogP contribution is 2.27. The van der Waals surface area contributed by atoms with Gasteiger partial charge < -0.3 is 0 Å². The molecule has 0 amide bonds. The van der Waals surface area contributed by atoms with Crippen molar-refractivity contribution < 1.29 is 8.42 Å². The molecule has 124 valence electrons. The molecule has 0 saturated heterocycles. The first-order chi connectivity index (χ1) is 10.8. The largest absolute Gasteiger partial charge is 0.224 e. The second-order valence-electron chi connectivity index (χ2n) is 6.82. The van der Waals surface area contributed by atoms with E-state index >= 15 is 0 Å². The van der Waals surface area contributed by atoms with Gasteiger partial charge in [-0.2, -0.15) is 0 Å². The quantitative estimate of drug-likeness (QED) is 0.742. The Morgan fingerprint density at radius 2 is 1.22 bits per heavy atom. The molecule has 0 saturated carbocycles. The van der Waals surface area contributed by atoms with Gasteiger partial charge in [-0.1, -0.05) is 70.2 Å². The van der Waals surface area contributed by atoms with Gasteiger partial charge in [-0.3, -0.25) is 0 Å². The lowest BCUT2D eigenvalue weighted by Crippen LogP contribution is -2.25. The average Bonchev–Trinajstić information content (AvgIpc) is 2.53. The van der Waals surface area contributed by atoms with Crippen molar-refractivity contribution in [3.8, 4) is 11.1 Å². The Labute approximate surface area is 140 Å². The number of benzene rings is 2. The van der Waals surface area contributed by atoms with Crippen molar-refractivity contribution in [3.05, 3.63) is 54.6 Å². The van der Waals surface area contributed by atoms with E-state index in [1.807, 2.05) is 42.5 Å². The highest BCUT2D eigenvalue weighted by atomic mass is 32.2. The summed E-state index contributed by atoms with van der Waals surface area (Å²) >= 11 is 0. The van der Waals surface area contributed by atoms with Crippen LogP contribution in [0.25, 0.3) is 11.1 Å². The van der Waals surface area contributed by atoms with Gasteiger partial charge in [0.1, 0.15) is 0 Å². The van der Waals surface area contributed by atoms with Gasteiger partial charge >= 0.3 is 0 Å². The van der Waals surface area contributed by atoms with Crippen LogP contribution >= 0.6 is 0 Å². The second kappa shape index (κ2) is 7.31. The molecule has 3 heteroatoms. The Morgan fingerprint density at radius 1 is 0.739 bits per heavy atom. The van der Waals surface area contributed by atoms with Crippen LogP contribution in [0.15, 0.2) is 59.5 Å². The number of hydrogen-bond donors (Lipinski definition) is 0. The number of hydrogen-bond acceptors (Lipinski definition) is 2. The van der Waals surface area contributed by atoms with Crippen molar-refractivity contribution in [1.29, 1.82) is 0 Å². The first kappa shape index (κ1) is 17.7. The van der Waals surface area contributed by atoms with E-state index in [1.165, 1.54) is 0 Å². The molecule has 2 nitrogen and oxygen atoms in total. The Bertz CT molecular complexity index is 706. The van der Waals surface area contributed by atoms with E-state index in [1.54, 1.807) is 12.1 Å². The van der Waals surface area contributed by atoms with E-state index in [4.69, 9.17) is 0 Å². The molecule has 23 heavy (non-hydrogen) atoms. The van der Waals surface area contributed by atoms with Gasteiger partial charge in [-0.15, -0.1) is 0 Å². The van der Waals surface area contributed by atoms with Crippen LogP contribution in [0.1, 0.15) is 27.7 Å². The fraction of sp³-hybridized carbons (Fsp3) is 0.400. The Hall–Kier alpha value is -1.61. The maximum atomic E-state index is 12.7. The standard InChI is InChI=1S/C20H26O2S/c1-15(2)20(16(3)4)14-23(21,22)19-12-10-18(11-13-19)17-8-6-5-7-9-17/h5-13,15-16,20H,14H2,1-4H3. The summed E-state index contributed by atoms with van der Waals surface area (Å²) < 4.78 is 25.4. The first-order valence-corrected chi connectivity index (χ1v) is 9.84. The molecule has 2 aromatic rings. The van der Waals surface area contributed by atoms with Crippen LogP contribution in [0.5, 0.6) is 0 Å². The zero-order valence-corrected chi connectivity index (χ0v) is 15.2. The molecule has 0 atom stereocenters. The maximum Gasteiger partial charge on any atom is 0.178 e. The van der Waals surface area contributed by atoms with Crippen LogP contribution in [0.4, 0.5) is 0 Å². The van der Waals surface area contributed by atoms with E-state index in [0.29, 0.717) is 16.7 Å². The van der Waals surface area contributed by atoms with Gasteiger partial charge in [0.25, 0.3) is 0 Å². The SMILES string of the molecule is CC(C)C(CS(=O)(=O)c1ccc(-c2ccccc2)cc1)C(C)C. The van der Waals surface area contributed by atoms with E-state index < -0.39 is 9.84 Å². The van der Waals surface area contributed by atoms with Gasteiger partial charge in [0, 0.05) is 0 Å². The lowest BCUT2D eigenvalue weighted by molar-refractivity contribution is 0.317. The van der Waals surface area contributed by atoms with Crippen LogP contribution in [0.2, 0.25) is 0 Å². The molecule has 2 aromatic carbocycles. The van der Waals surface area contributed by atoms with Gasteiger partial charge in [0.05, 0.1) is 10.6 Å². The van der Waals surface area contributed by atoms with E-state index in [9.17, 15) is 8.42 Å². The van der Waals surface area contributed by atoms with Gasteiger partial charge in [-0.25, -0.2) is 8.42 Å². The smallest absolute Gasteiger partial charge is 0.178 e.